The summed E-state index contributed by atoms with van der Waals surface area (Å²) in [5, 5.41) is 2.59. The van der Waals surface area contributed by atoms with Crippen LogP contribution in [0.2, 0.25) is 0 Å². The largest absolute Gasteiger partial charge is 0.491 e. The van der Waals surface area contributed by atoms with E-state index in [-0.39, 0.29) is 29.5 Å². The van der Waals surface area contributed by atoms with Gasteiger partial charge in [0.15, 0.2) is 5.78 Å². The van der Waals surface area contributed by atoms with Crippen LogP contribution in [0.15, 0.2) is 48.5 Å². The Kier molecular flexibility index (Phi) is 6.29. The van der Waals surface area contributed by atoms with E-state index in [0.717, 1.165) is 12.8 Å². The number of ether oxygens (including phenoxy) is 1. The number of piperidine rings is 1. The minimum atomic E-state index is -0.484. The molecule has 0 radical (unpaired) electrons. The molecule has 2 aromatic carbocycles. The van der Waals surface area contributed by atoms with Gasteiger partial charge < -0.3 is 15.0 Å². The van der Waals surface area contributed by atoms with Crippen LogP contribution < -0.4 is 10.1 Å². The van der Waals surface area contributed by atoms with E-state index in [0.29, 0.717) is 24.4 Å². The van der Waals surface area contributed by atoms with Gasteiger partial charge in [0, 0.05) is 24.6 Å². The van der Waals surface area contributed by atoms with Gasteiger partial charge in [-0.1, -0.05) is 24.3 Å². The van der Waals surface area contributed by atoms with Crippen molar-refractivity contribution in [3.63, 3.8) is 0 Å². The first-order valence-electron chi connectivity index (χ1n) is 9.55. The second-order valence-corrected chi connectivity index (χ2v) is 7.25. The minimum Gasteiger partial charge on any atom is -0.491 e. The maximum Gasteiger partial charge on any atom is 0.321 e. The molecule has 5 nitrogen and oxygen atoms in total. The summed E-state index contributed by atoms with van der Waals surface area (Å²) in [5.74, 6) is -0.111. The standard InChI is InChI=1S/C22H25FN2O3/c1-15(2)28-18-9-5-7-16(13-18)21(26)17-8-6-12-25(14-17)22(27)24-20-11-4-3-10-19(20)23/h3-5,7,9-11,13,15,17H,6,8,12,14H2,1-2H3,(H,24,27)/t17-/m0/s1. The molecule has 2 amide bonds. The van der Waals surface area contributed by atoms with E-state index in [9.17, 15) is 14.0 Å². The molecule has 0 saturated carbocycles. The molecule has 2 aromatic rings. The summed E-state index contributed by atoms with van der Waals surface area (Å²) in [6.07, 6.45) is 1.47. The molecule has 0 bridgehead atoms. The van der Waals surface area contributed by atoms with E-state index in [1.807, 2.05) is 19.9 Å². The van der Waals surface area contributed by atoms with Crippen LogP contribution in [-0.2, 0) is 0 Å². The van der Waals surface area contributed by atoms with Crippen LogP contribution in [-0.4, -0.2) is 35.9 Å². The molecule has 1 aliphatic heterocycles. The van der Waals surface area contributed by atoms with E-state index >= 15 is 0 Å². The Bertz CT molecular complexity index is 853. The number of nitrogens with one attached hydrogen (secondary N) is 1. The van der Waals surface area contributed by atoms with Crippen LogP contribution in [0.5, 0.6) is 5.75 Å². The molecular formula is C22H25FN2O3. The average Bonchev–Trinajstić information content (AvgIpc) is 2.69. The van der Waals surface area contributed by atoms with Gasteiger partial charge in [0.1, 0.15) is 11.6 Å². The van der Waals surface area contributed by atoms with E-state index in [1.54, 1.807) is 35.2 Å². The molecule has 1 fully saturated rings. The number of amides is 2. The molecule has 0 aliphatic carbocycles. The molecule has 0 unspecified atom stereocenters. The van der Waals surface area contributed by atoms with Crippen LogP contribution in [0.25, 0.3) is 0 Å². The monoisotopic (exact) mass is 384 g/mol. The van der Waals surface area contributed by atoms with Gasteiger partial charge in [-0.2, -0.15) is 0 Å². The third kappa shape index (κ3) is 4.88. The number of nitrogens with zero attached hydrogens (tertiary/aromatic N) is 1. The van der Waals surface area contributed by atoms with Gasteiger partial charge in [-0.25, -0.2) is 9.18 Å². The topological polar surface area (TPSA) is 58.6 Å². The zero-order valence-electron chi connectivity index (χ0n) is 16.2. The lowest BCUT2D eigenvalue weighted by molar-refractivity contribution is 0.0850. The summed E-state index contributed by atoms with van der Waals surface area (Å²) >= 11 is 0. The number of benzene rings is 2. The van der Waals surface area contributed by atoms with E-state index < -0.39 is 5.82 Å². The van der Waals surface area contributed by atoms with Crippen molar-refractivity contribution in [2.24, 2.45) is 5.92 Å². The fourth-order valence-corrected chi connectivity index (χ4v) is 3.36. The zero-order chi connectivity index (χ0) is 20.1. The van der Waals surface area contributed by atoms with E-state index in [2.05, 4.69) is 5.32 Å². The van der Waals surface area contributed by atoms with Gasteiger partial charge in [0.2, 0.25) is 0 Å². The fourth-order valence-electron chi connectivity index (χ4n) is 3.36. The summed E-state index contributed by atoms with van der Waals surface area (Å²) in [6, 6.07) is 12.8. The number of ketones is 1. The molecule has 0 spiro atoms. The highest BCUT2D eigenvalue weighted by Gasteiger charge is 2.29. The summed E-state index contributed by atoms with van der Waals surface area (Å²) in [6.45, 7) is 4.72. The van der Waals surface area contributed by atoms with Crippen LogP contribution in [0.1, 0.15) is 37.0 Å². The van der Waals surface area contributed by atoms with Crippen molar-refractivity contribution in [1.29, 1.82) is 0 Å². The fraction of sp³-hybridized carbons (Fsp3) is 0.364. The molecule has 148 valence electrons. The van der Waals surface area contributed by atoms with Gasteiger partial charge >= 0.3 is 6.03 Å². The van der Waals surface area contributed by atoms with Gasteiger partial charge in [-0.3, -0.25) is 4.79 Å². The first-order chi connectivity index (χ1) is 13.4. The summed E-state index contributed by atoms with van der Waals surface area (Å²) < 4.78 is 19.4. The Labute approximate surface area is 164 Å². The van der Waals surface area contributed by atoms with Crippen molar-refractivity contribution in [1.82, 2.24) is 4.90 Å². The normalized spacial score (nSPS) is 16.7. The lowest BCUT2D eigenvalue weighted by Gasteiger charge is -2.32. The molecule has 1 heterocycles. The highest BCUT2D eigenvalue weighted by molar-refractivity contribution is 5.99. The second kappa shape index (κ2) is 8.87. The molecular weight excluding hydrogens is 359 g/mol. The predicted molar refractivity (Wildman–Crippen MR) is 106 cm³/mol. The van der Waals surface area contributed by atoms with Crippen molar-refractivity contribution < 1.29 is 18.7 Å². The number of anilines is 1. The summed E-state index contributed by atoms with van der Waals surface area (Å²) in [4.78, 5) is 27.0. The summed E-state index contributed by atoms with van der Waals surface area (Å²) in [5.41, 5.74) is 0.721. The molecule has 1 N–H and O–H groups in total. The van der Waals surface area contributed by atoms with Crippen LogP contribution in [0.3, 0.4) is 0 Å². The van der Waals surface area contributed by atoms with Crippen molar-refractivity contribution >= 4 is 17.5 Å². The highest BCUT2D eigenvalue weighted by atomic mass is 19.1. The SMILES string of the molecule is CC(C)Oc1cccc(C(=O)[C@H]2CCCN(C(=O)Nc3ccccc3F)C2)c1. The van der Waals surface area contributed by atoms with Gasteiger partial charge in [0.25, 0.3) is 0 Å². The van der Waals surface area contributed by atoms with E-state index in [4.69, 9.17) is 4.74 Å². The average molecular weight is 384 g/mol. The molecule has 28 heavy (non-hydrogen) atoms. The second-order valence-electron chi connectivity index (χ2n) is 7.25. The number of halogens is 1. The number of hydrogen-bond acceptors (Lipinski definition) is 3. The molecule has 1 atom stereocenters. The van der Waals surface area contributed by atoms with Gasteiger partial charge in [0.05, 0.1) is 11.8 Å². The lowest BCUT2D eigenvalue weighted by Crippen LogP contribution is -2.44. The third-order valence-corrected chi connectivity index (χ3v) is 4.69. The Morgan fingerprint density at radius 1 is 1.18 bits per heavy atom. The number of rotatable bonds is 5. The zero-order valence-corrected chi connectivity index (χ0v) is 16.2. The third-order valence-electron chi connectivity index (χ3n) is 4.69. The van der Waals surface area contributed by atoms with Crippen molar-refractivity contribution in [3.05, 3.63) is 59.9 Å². The minimum absolute atomic E-state index is 0.00222. The number of carbonyl (C=O) groups is 2. The maximum absolute atomic E-state index is 13.8. The number of likely N-dealkylation sites (tertiary alicyclic amines) is 1. The van der Waals surface area contributed by atoms with Crippen molar-refractivity contribution in [2.75, 3.05) is 18.4 Å². The van der Waals surface area contributed by atoms with Crippen molar-refractivity contribution in [3.8, 4) is 5.75 Å². The first kappa shape index (κ1) is 19.9. The number of Topliss-reactive ketones (excluding diaryl/α,β-unsaturated/α-hetero) is 1. The Hall–Kier alpha value is -2.89. The Balaban J connectivity index is 1.66. The molecule has 3 rings (SSSR count). The van der Waals surface area contributed by atoms with Crippen LogP contribution >= 0.6 is 0 Å². The van der Waals surface area contributed by atoms with Crippen LogP contribution in [0.4, 0.5) is 14.9 Å². The number of hydrogen-bond donors (Lipinski definition) is 1. The highest BCUT2D eigenvalue weighted by Crippen LogP contribution is 2.24. The Morgan fingerprint density at radius 2 is 1.96 bits per heavy atom. The molecule has 1 aliphatic rings. The number of para-hydroxylation sites is 1. The molecule has 1 saturated heterocycles. The first-order valence-corrected chi connectivity index (χ1v) is 9.55. The van der Waals surface area contributed by atoms with Crippen LogP contribution in [0, 0.1) is 11.7 Å². The smallest absolute Gasteiger partial charge is 0.321 e. The van der Waals surface area contributed by atoms with Gasteiger partial charge in [-0.05, 0) is 51.0 Å². The summed E-state index contributed by atoms with van der Waals surface area (Å²) in [7, 11) is 0. The molecule has 0 aromatic heterocycles. The Morgan fingerprint density at radius 3 is 2.71 bits per heavy atom. The van der Waals surface area contributed by atoms with Crippen molar-refractivity contribution in [2.45, 2.75) is 32.8 Å². The maximum atomic E-state index is 13.8. The number of urea groups is 1. The quantitative estimate of drug-likeness (QED) is 0.758. The number of carbonyl (C=O) groups excluding carboxylic acids is 2. The molecule has 6 heteroatoms. The van der Waals surface area contributed by atoms with E-state index in [1.165, 1.54) is 12.1 Å². The predicted octanol–water partition coefficient (Wildman–Crippen LogP) is 4.74. The lowest BCUT2D eigenvalue weighted by atomic mass is 9.90. The van der Waals surface area contributed by atoms with Gasteiger partial charge in [-0.15, -0.1) is 0 Å².